The summed E-state index contributed by atoms with van der Waals surface area (Å²) in [5.41, 5.74) is -0.146. The van der Waals surface area contributed by atoms with Crippen LogP contribution in [-0.2, 0) is 9.53 Å². The number of carbonyl (C=O) groups is 1. The van der Waals surface area contributed by atoms with Gasteiger partial charge in [0.05, 0.1) is 11.2 Å². The third-order valence-corrected chi connectivity index (χ3v) is 4.02. The second-order valence-corrected chi connectivity index (χ2v) is 5.89. The Morgan fingerprint density at radius 1 is 1.53 bits per heavy atom. The first-order valence-electron chi connectivity index (χ1n) is 6.55. The fourth-order valence-corrected chi connectivity index (χ4v) is 3.62. The van der Waals surface area contributed by atoms with Crippen LogP contribution in [0.2, 0.25) is 0 Å². The standard InChI is InChI=1S/C14H23NO2/c1-4-6-14-8-5-7-13(3,17-14)9-12(10-14)15-11(2)16/h4,12H,1,5-10H2,2-3H3,(H,15,16)/t12-,13-,14+/m0/s1. The Morgan fingerprint density at radius 2 is 2.29 bits per heavy atom. The molecule has 0 aromatic rings. The summed E-state index contributed by atoms with van der Waals surface area (Å²) < 4.78 is 6.33. The number of fused-ring (bicyclic) bond motifs is 2. The van der Waals surface area contributed by atoms with Gasteiger partial charge in [-0.05, 0) is 45.4 Å². The summed E-state index contributed by atoms with van der Waals surface area (Å²) >= 11 is 0. The molecule has 2 rings (SSSR count). The fraction of sp³-hybridized carbons (Fsp3) is 0.786. The SMILES string of the molecule is C=CC[C@@]12CCC[C@@](C)(C[C@H](NC(C)=O)C1)O2. The van der Waals surface area contributed by atoms with Crippen molar-refractivity contribution in [3.05, 3.63) is 12.7 Å². The highest BCUT2D eigenvalue weighted by Crippen LogP contribution is 2.47. The van der Waals surface area contributed by atoms with Gasteiger partial charge in [-0.3, -0.25) is 4.79 Å². The van der Waals surface area contributed by atoms with Gasteiger partial charge in [-0.25, -0.2) is 0 Å². The van der Waals surface area contributed by atoms with Crippen LogP contribution >= 0.6 is 0 Å². The molecule has 1 amide bonds. The van der Waals surface area contributed by atoms with E-state index in [1.54, 1.807) is 6.92 Å². The van der Waals surface area contributed by atoms with E-state index in [-0.39, 0.29) is 23.2 Å². The molecular weight excluding hydrogens is 214 g/mol. The van der Waals surface area contributed by atoms with Crippen molar-refractivity contribution in [3.8, 4) is 0 Å². The minimum absolute atomic E-state index is 0.0623. The first-order valence-corrected chi connectivity index (χ1v) is 6.55. The molecule has 2 heterocycles. The monoisotopic (exact) mass is 237 g/mol. The van der Waals surface area contributed by atoms with Crippen LogP contribution in [0.25, 0.3) is 0 Å². The number of nitrogens with one attached hydrogen (secondary N) is 1. The molecule has 96 valence electrons. The number of ether oxygens (including phenoxy) is 1. The lowest BCUT2D eigenvalue weighted by Gasteiger charge is -2.53. The van der Waals surface area contributed by atoms with Gasteiger partial charge < -0.3 is 10.1 Å². The number of rotatable bonds is 3. The van der Waals surface area contributed by atoms with Gasteiger partial charge in [-0.15, -0.1) is 6.58 Å². The molecular formula is C14H23NO2. The lowest BCUT2D eigenvalue weighted by atomic mass is 9.72. The zero-order chi connectivity index (χ0) is 12.5. The summed E-state index contributed by atoms with van der Waals surface area (Å²) in [6.07, 6.45) is 8.10. The summed E-state index contributed by atoms with van der Waals surface area (Å²) in [5, 5.41) is 3.07. The van der Waals surface area contributed by atoms with Gasteiger partial charge in [0.15, 0.2) is 0 Å². The highest BCUT2D eigenvalue weighted by Gasteiger charge is 2.49. The van der Waals surface area contributed by atoms with Crippen molar-refractivity contribution in [1.29, 1.82) is 0 Å². The van der Waals surface area contributed by atoms with E-state index in [1.807, 2.05) is 6.08 Å². The van der Waals surface area contributed by atoms with Gasteiger partial charge in [-0.1, -0.05) is 6.08 Å². The van der Waals surface area contributed by atoms with Crippen LogP contribution in [0, 0.1) is 0 Å². The molecule has 1 N–H and O–H groups in total. The largest absolute Gasteiger partial charge is 0.368 e. The third kappa shape index (κ3) is 2.71. The minimum Gasteiger partial charge on any atom is -0.368 e. The maximum absolute atomic E-state index is 11.2. The highest BCUT2D eigenvalue weighted by molar-refractivity contribution is 5.73. The average molecular weight is 237 g/mol. The van der Waals surface area contributed by atoms with Gasteiger partial charge in [0.2, 0.25) is 5.91 Å². The minimum atomic E-state index is -0.0832. The number of carbonyl (C=O) groups excluding carboxylic acids is 1. The summed E-state index contributed by atoms with van der Waals surface area (Å²) in [5.74, 6) is 0.0623. The van der Waals surface area contributed by atoms with Gasteiger partial charge >= 0.3 is 0 Å². The molecule has 0 saturated carbocycles. The van der Waals surface area contributed by atoms with E-state index < -0.39 is 0 Å². The first kappa shape index (κ1) is 12.6. The highest BCUT2D eigenvalue weighted by atomic mass is 16.5. The predicted octanol–water partition coefficient (Wildman–Crippen LogP) is 2.56. The van der Waals surface area contributed by atoms with Crippen molar-refractivity contribution < 1.29 is 9.53 Å². The van der Waals surface area contributed by atoms with Crippen LogP contribution < -0.4 is 5.32 Å². The summed E-state index contributed by atoms with van der Waals surface area (Å²) in [7, 11) is 0. The third-order valence-electron chi connectivity index (χ3n) is 4.02. The quantitative estimate of drug-likeness (QED) is 0.766. The molecule has 2 bridgehead atoms. The van der Waals surface area contributed by atoms with Crippen molar-refractivity contribution >= 4 is 5.91 Å². The topological polar surface area (TPSA) is 38.3 Å². The van der Waals surface area contributed by atoms with E-state index in [0.717, 1.165) is 32.1 Å². The molecule has 2 aliphatic heterocycles. The van der Waals surface area contributed by atoms with Crippen molar-refractivity contribution in [2.45, 2.75) is 69.6 Å². The molecule has 17 heavy (non-hydrogen) atoms. The molecule has 3 heteroatoms. The summed E-state index contributed by atoms with van der Waals surface area (Å²) in [6.45, 7) is 7.61. The van der Waals surface area contributed by atoms with Crippen LogP contribution in [0.3, 0.4) is 0 Å². The van der Waals surface area contributed by atoms with E-state index in [9.17, 15) is 4.79 Å². The predicted molar refractivity (Wildman–Crippen MR) is 67.7 cm³/mol. The van der Waals surface area contributed by atoms with E-state index >= 15 is 0 Å². The Morgan fingerprint density at radius 3 is 2.94 bits per heavy atom. The van der Waals surface area contributed by atoms with Gasteiger partial charge in [0.25, 0.3) is 0 Å². The van der Waals surface area contributed by atoms with Crippen molar-refractivity contribution in [3.63, 3.8) is 0 Å². The molecule has 3 nitrogen and oxygen atoms in total. The lowest BCUT2D eigenvalue weighted by Crippen LogP contribution is -2.58. The van der Waals surface area contributed by atoms with Crippen LogP contribution in [0.1, 0.15) is 52.4 Å². The number of hydrogen-bond acceptors (Lipinski definition) is 2. The zero-order valence-corrected chi connectivity index (χ0v) is 10.9. The maximum atomic E-state index is 11.2. The van der Waals surface area contributed by atoms with Crippen LogP contribution in [0.5, 0.6) is 0 Å². The summed E-state index contributed by atoms with van der Waals surface area (Å²) in [6, 6.07) is 0.256. The molecule has 2 aliphatic rings. The number of hydrogen-bond donors (Lipinski definition) is 1. The molecule has 0 radical (unpaired) electrons. The second-order valence-electron chi connectivity index (χ2n) is 5.89. The van der Waals surface area contributed by atoms with Crippen LogP contribution in [0.4, 0.5) is 0 Å². The normalized spacial score (nSPS) is 40.7. The molecule has 2 fully saturated rings. The van der Waals surface area contributed by atoms with Crippen molar-refractivity contribution in [2.75, 3.05) is 0 Å². The fourth-order valence-electron chi connectivity index (χ4n) is 3.62. The smallest absolute Gasteiger partial charge is 0.217 e. The lowest BCUT2D eigenvalue weighted by molar-refractivity contribution is -0.217. The van der Waals surface area contributed by atoms with E-state index in [2.05, 4.69) is 18.8 Å². The van der Waals surface area contributed by atoms with E-state index in [0.29, 0.717) is 0 Å². The van der Waals surface area contributed by atoms with Crippen LogP contribution in [0.15, 0.2) is 12.7 Å². The molecule has 2 saturated heterocycles. The van der Waals surface area contributed by atoms with E-state index in [1.165, 1.54) is 6.42 Å². The molecule has 0 aromatic carbocycles. The number of amides is 1. The average Bonchev–Trinajstić information content (AvgIpc) is 2.13. The zero-order valence-electron chi connectivity index (χ0n) is 10.9. The Balaban J connectivity index is 2.15. The first-order chi connectivity index (χ1) is 7.97. The van der Waals surface area contributed by atoms with Gasteiger partial charge in [-0.2, -0.15) is 0 Å². The van der Waals surface area contributed by atoms with Gasteiger partial charge in [0.1, 0.15) is 0 Å². The van der Waals surface area contributed by atoms with Crippen LogP contribution in [-0.4, -0.2) is 23.2 Å². The Kier molecular flexibility index (Phi) is 3.30. The Labute approximate surface area is 104 Å². The summed E-state index contributed by atoms with van der Waals surface area (Å²) in [4.78, 5) is 11.2. The molecule has 3 atom stereocenters. The molecule has 0 aliphatic carbocycles. The van der Waals surface area contributed by atoms with Crippen molar-refractivity contribution in [1.82, 2.24) is 5.32 Å². The molecule has 0 aromatic heterocycles. The van der Waals surface area contributed by atoms with E-state index in [4.69, 9.17) is 4.74 Å². The maximum Gasteiger partial charge on any atom is 0.217 e. The van der Waals surface area contributed by atoms with Gasteiger partial charge in [0, 0.05) is 13.0 Å². The Hall–Kier alpha value is -0.830. The molecule has 0 spiro atoms. The Bertz CT molecular complexity index is 328. The molecule has 0 unspecified atom stereocenters. The van der Waals surface area contributed by atoms with Crippen molar-refractivity contribution in [2.24, 2.45) is 0 Å². The second kappa shape index (κ2) is 4.45.